The van der Waals surface area contributed by atoms with Crippen molar-refractivity contribution in [1.82, 2.24) is 4.98 Å². The number of methoxy groups -OCH3 is 3. The highest BCUT2D eigenvalue weighted by molar-refractivity contribution is 5.88. The first-order valence-corrected chi connectivity index (χ1v) is 10.3. The molecule has 0 aliphatic rings. The molecule has 2 aromatic carbocycles. The molecule has 0 spiro atoms. The Kier molecular flexibility index (Phi) is 7.41. The largest absolute Gasteiger partial charge is 0.493 e. The Labute approximate surface area is 181 Å². The van der Waals surface area contributed by atoms with Crippen LogP contribution in [0.1, 0.15) is 25.3 Å². The lowest BCUT2D eigenvalue weighted by Crippen LogP contribution is -2.09. The zero-order chi connectivity index (χ0) is 22.4. The second kappa shape index (κ2) is 10.2. The summed E-state index contributed by atoms with van der Waals surface area (Å²) in [5.74, 6) is 2.23. The molecule has 2 N–H and O–H groups in total. The van der Waals surface area contributed by atoms with Crippen LogP contribution in [0.5, 0.6) is 23.0 Å². The Bertz CT molecular complexity index is 1110. The van der Waals surface area contributed by atoms with Crippen LogP contribution in [0, 0.1) is 0 Å². The van der Waals surface area contributed by atoms with Crippen molar-refractivity contribution in [1.29, 1.82) is 0 Å². The second-order valence-corrected chi connectivity index (χ2v) is 7.14. The minimum absolute atomic E-state index is 0.0327. The van der Waals surface area contributed by atoms with E-state index in [9.17, 15) is 9.90 Å². The Morgan fingerprint density at radius 3 is 2.23 bits per heavy atom. The van der Waals surface area contributed by atoms with Crippen LogP contribution < -0.4 is 24.5 Å². The number of hydrogen-bond acceptors (Lipinski definition) is 6. The van der Waals surface area contributed by atoms with Crippen LogP contribution in [0.15, 0.2) is 35.1 Å². The third kappa shape index (κ3) is 4.77. The molecule has 0 radical (unpaired) electrons. The molecule has 0 atom stereocenters. The highest BCUT2D eigenvalue weighted by Crippen LogP contribution is 2.37. The molecule has 0 saturated heterocycles. The molecule has 3 rings (SSSR count). The predicted octanol–water partition coefficient (Wildman–Crippen LogP) is 3.93. The van der Waals surface area contributed by atoms with E-state index in [1.807, 2.05) is 18.2 Å². The molecule has 0 saturated carbocycles. The lowest BCUT2D eigenvalue weighted by molar-refractivity contribution is 0.286. The van der Waals surface area contributed by atoms with E-state index in [4.69, 9.17) is 18.9 Å². The van der Waals surface area contributed by atoms with Crippen LogP contribution in [0.2, 0.25) is 0 Å². The van der Waals surface area contributed by atoms with Crippen LogP contribution in [0.25, 0.3) is 22.0 Å². The number of aromatic amines is 1. The summed E-state index contributed by atoms with van der Waals surface area (Å²) in [7, 11) is 4.67. The van der Waals surface area contributed by atoms with E-state index in [-0.39, 0.29) is 12.2 Å². The molecule has 0 unspecified atom stereocenters. The molecule has 3 aromatic rings. The van der Waals surface area contributed by atoms with Crippen molar-refractivity contribution in [2.24, 2.45) is 0 Å². The van der Waals surface area contributed by atoms with Gasteiger partial charge in [0.2, 0.25) is 0 Å². The zero-order valence-corrected chi connectivity index (χ0v) is 18.4. The number of rotatable bonds is 10. The summed E-state index contributed by atoms with van der Waals surface area (Å²) in [5.41, 5.74) is 2.00. The van der Waals surface area contributed by atoms with Crippen molar-refractivity contribution in [2.75, 3.05) is 34.5 Å². The summed E-state index contributed by atoms with van der Waals surface area (Å²) in [5, 5.41) is 10.8. The van der Waals surface area contributed by atoms with Crippen molar-refractivity contribution >= 4 is 10.8 Å². The first-order chi connectivity index (χ1) is 15.1. The van der Waals surface area contributed by atoms with Gasteiger partial charge in [-0.3, -0.25) is 4.79 Å². The van der Waals surface area contributed by atoms with Gasteiger partial charge in [0, 0.05) is 17.9 Å². The number of fused-ring (bicyclic) bond motifs is 1. The van der Waals surface area contributed by atoms with Gasteiger partial charge >= 0.3 is 0 Å². The summed E-state index contributed by atoms with van der Waals surface area (Å²) in [6, 6.07) is 9.04. The van der Waals surface area contributed by atoms with Gasteiger partial charge in [-0.05, 0) is 54.1 Å². The first kappa shape index (κ1) is 22.5. The number of H-pyrrole nitrogens is 1. The van der Waals surface area contributed by atoms with E-state index in [0.29, 0.717) is 47.1 Å². The van der Waals surface area contributed by atoms with Crippen molar-refractivity contribution in [2.45, 2.75) is 26.2 Å². The maximum absolute atomic E-state index is 12.9. The number of aromatic nitrogens is 1. The minimum Gasteiger partial charge on any atom is -0.493 e. The number of pyridine rings is 1. The van der Waals surface area contributed by atoms with Gasteiger partial charge in [-0.2, -0.15) is 0 Å². The number of nitrogens with one attached hydrogen (secondary N) is 1. The third-order valence-electron chi connectivity index (χ3n) is 5.16. The number of benzene rings is 2. The summed E-state index contributed by atoms with van der Waals surface area (Å²) >= 11 is 0. The molecule has 1 heterocycles. The molecule has 0 fully saturated rings. The highest BCUT2D eigenvalue weighted by atomic mass is 16.5. The van der Waals surface area contributed by atoms with Crippen LogP contribution >= 0.6 is 0 Å². The molecular weight excluding hydrogens is 398 g/mol. The molecule has 0 bridgehead atoms. The quantitative estimate of drug-likeness (QED) is 0.477. The smallest absolute Gasteiger partial charge is 0.256 e. The van der Waals surface area contributed by atoms with Crippen LogP contribution in [-0.2, 0) is 6.42 Å². The lowest BCUT2D eigenvalue weighted by atomic mass is 9.99. The molecule has 1 aromatic heterocycles. The van der Waals surface area contributed by atoms with Gasteiger partial charge in [0.25, 0.3) is 5.56 Å². The SMILES string of the molecule is CCCCOc1cc(-c2cc3cc(OC)c(OC)cc3c(=O)[nH]2)c(CCO)cc1OC. The fourth-order valence-corrected chi connectivity index (χ4v) is 3.52. The van der Waals surface area contributed by atoms with Gasteiger partial charge in [-0.1, -0.05) is 13.3 Å². The Hall–Kier alpha value is -3.19. The fourth-order valence-electron chi connectivity index (χ4n) is 3.52. The third-order valence-corrected chi connectivity index (χ3v) is 5.16. The lowest BCUT2D eigenvalue weighted by Gasteiger charge is -2.17. The predicted molar refractivity (Wildman–Crippen MR) is 121 cm³/mol. The van der Waals surface area contributed by atoms with E-state index < -0.39 is 0 Å². The summed E-state index contributed by atoms with van der Waals surface area (Å²) in [4.78, 5) is 15.8. The minimum atomic E-state index is -0.243. The first-order valence-electron chi connectivity index (χ1n) is 10.3. The number of aliphatic hydroxyl groups excluding tert-OH is 1. The van der Waals surface area contributed by atoms with E-state index in [0.717, 1.165) is 29.4 Å². The molecule has 0 amide bonds. The molecule has 0 aliphatic heterocycles. The second-order valence-electron chi connectivity index (χ2n) is 7.14. The molecule has 0 aliphatic carbocycles. The molecular formula is C24H29NO6. The standard InChI is InChI=1S/C24H29NO6/c1-5-6-9-31-23-13-17(15(7-8-26)11-21(23)29-3)19-10-16-12-20(28-2)22(30-4)14-18(16)24(27)25-19/h10-14,26H,5-9H2,1-4H3,(H,25,27). The number of aliphatic hydroxyl groups is 1. The van der Waals surface area contributed by atoms with E-state index in [1.54, 1.807) is 26.4 Å². The van der Waals surface area contributed by atoms with Gasteiger partial charge in [-0.25, -0.2) is 0 Å². The molecule has 7 heteroatoms. The Morgan fingerprint density at radius 1 is 0.903 bits per heavy atom. The normalized spacial score (nSPS) is 10.9. The summed E-state index contributed by atoms with van der Waals surface area (Å²) in [6.07, 6.45) is 2.35. The number of unbranched alkanes of at least 4 members (excludes halogenated alkanes) is 1. The summed E-state index contributed by atoms with van der Waals surface area (Å²) < 4.78 is 22.1. The van der Waals surface area contributed by atoms with Crippen LogP contribution in [-0.4, -0.2) is 44.6 Å². The zero-order valence-electron chi connectivity index (χ0n) is 18.4. The van der Waals surface area contributed by atoms with Crippen LogP contribution in [0.3, 0.4) is 0 Å². The van der Waals surface area contributed by atoms with E-state index in [2.05, 4.69) is 11.9 Å². The van der Waals surface area contributed by atoms with Crippen molar-refractivity contribution in [3.05, 3.63) is 46.2 Å². The van der Waals surface area contributed by atoms with Crippen molar-refractivity contribution in [3.8, 4) is 34.3 Å². The average Bonchev–Trinajstić information content (AvgIpc) is 2.78. The highest BCUT2D eigenvalue weighted by Gasteiger charge is 2.16. The van der Waals surface area contributed by atoms with Gasteiger partial charge < -0.3 is 29.0 Å². The topological polar surface area (TPSA) is 90.0 Å². The van der Waals surface area contributed by atoms with Crippen molar-refractivity contribution in [3.63, 3.8) is 0 Å². The van der Waals surface area contributed by atoms with E-state index in [1.165, 1.54) is 7.11 Å². The fraction of sp³-hybridized carbons (Fsp3) is 0.375. The van der Waals surface area contributed by atoms with Gasteiger partial charge in [0.1, 0.15) is 0 Å². The van der Waals surface area contributed by atoms with Gasteiger partial charge in [0.15, 0.2) is 23.0 Å². The molecule has 31 heavy (non-hydrogen) atoms. The Balaban J connectivity index is 2.19. The summed E-state index contributed by atoms with van der Waals surface area (Å²) in [6.45, 7) is 2.63. The molecule has 7 nitrogen and oxygen atoms in total. The van der Waals surface area contributed by atoms with E-state index >= 15 is 0 Å². The number of ether oxygens (including phenoxy) is 4. The van der Waals surface area contributed by atoms with Crippen molar-refractivity contribution < 1.29 is 24.1 Å². The maximum atomic E-state index is 12.9. The van der Waals surface area contributed by atoms with Gasteiger partial charge in [-0.15, -0.1) is 0 Å². The monoisotopic (exact) mass is 427 g/mol. The number of hydrogen-bond donors (Lipinski definition) is 2. The van der Waals surface area contributed by atoms with Crippen LogP contribution in [0.4, 0.5) is 0 Å². The maximum Gasteiger partial charge on any atom is 0.256 e. The average molecular weight is 427 g/mol. The van der Waals surface area contributed by atoms with Gasteiger partial charge in [0.05, 0.1) is 33.3 Å². The molecule has 166 valence electrons. The Morgan fingerprint density at radius 2 is 1.58 bits per heavy atom.